The number of methoxy groups -OCH3 is 3. The van der Waals surface area contributed by atoms with E-state index in [9.17, 15) is 14.4 Å². The fraction of sp³-hybridized carbons (Fsp3) is 0.609. The Morgan fingerprint density at radius 2 is 1.74 bits per heavy atom. The zero-order valence-corrected chi connectivity index (χ0v) is 20.0. The molecule has 188 valence electrons. The SMILES string of the molecule is COc1ccc(CCCCCN(C(=O)OC(=O)C2CO2)C(=O)N2CCNCC2)c(OC)c1OC. The van der Waals surface area contributed by atoms with E-state index >= 15 is 0 Å². The van der Waals surface area contributed by atoms with Gasteiger partial charge < -0.3 is 33.9 Å². The molecule has 1 aromatic rings. The van der Waals surface area contributed by atoms with Crippen LogP contribution in [0.2, 0.25) is 0 Å². The summed E-state index contributed by atoms with van der Waals surface area (Å²) in [5.74, 6) is 1.00. The van der Waals surface area contributed by atoms with Crippen LogP contribution in [0.5, 0.6) is 17.2 Å². The smallest absolute Gasteiger partial charge is 0.425 e. The lowest BCUT2D eigenvalue weighted by Crippen LogP contribution is -2.53. The number of carbonyl (C=O) groups is 3. The molecule has 1 atom stereocenters. The number of esters is 1. The molecule has 2 aliphatic heterocycles. The normalized spacial score (nSPS) is 17.0. The van der Waals surface area contributed by atoms with Crippen LogP contribution < -0.4 is 19.5 Å². The van der Waals surface area contributed by atoms with Crippen molar-refractivity contribution in [3.63, 3.8) is 0 Å². The number of hydrogen-bond acceptors (Lipinski definition) is 9. The molecule has 1 N–H and O–H groups in total. The first-order valence-corrected chi connectivity index (χ1v) is 11.4. The van der Waals surface area contributed by atoms with Gasteiger partial charge >= 0.3 is 18.1 Å². The van der Waals surface area contributed by atoms with E-state index in [1.54, 1.807) is 26.2 Å². The van der Waals surface area contributed by atoms with Gasteiger partial charge in [0.1, 0.15) is 0 Å². The number of rotatable bonds is 10. The third kappa shape index (κ3) is 6.51. The Kier molecular flexibility index (Phi) is 9.34. The number of urea groups is 1. The molecule has 2 saturated heterocycles. The highest BCUT2D eigenvalue weighted by Crippen LogP contribution is 2.40. The molecule has 3 rings (SSSR count). The quantitative estimate of drug-likeness (QED) is 0.232. The minimum atomic E-state index is -0.953. The van der Waals surface area contributed by atoms with Crippen molar-refractivity contribution in [1.29, 1.82) is 0 Å². The van der Waals surface area contributed by atoms with Gasteiger partial charge in [-0.15, -0.1) is 0 Å². The van der Waals surface area contributed by atoms with Crippen molar-refractivity contribution >= 4 is 18.1 Å². The average Bonchev–Trinajstić information content (AvgIpc) is 3.71. The van der Waals surface area contributed by atoms with Gasteiger partial charge in [0, 0.05) is 32.7 Å². The van der Waals surface area contributed by atoms with Crippen molar-refractivity contribution in [2.24, 2.45) is 0 Å². The van der Waals surface area contributed by atoms with Crippen molar-refractivity contribution in [2.75, 3.05) is 60.7 Å². The van der Waals surface area contributed by atoms with E-state index in [-0.39, 0.29) is 13.2 Å². The predicted molar refractivity (Wildman–Crippen MR) is 121 cm³/mol. The van der Waals surface area contributed by atoms with Gasteiger partial charge in [0.2, 0.25) is 5.75 Å². The number of ether oxygens (including phenoxy) is 5. The summed E-state index contributed by atoms with van der Waals surface area (Å²) in [6.45, 7) is 2.66. The molecule has 0 aromatic heterocycles. The van der Waals surface area contributed by atoms with Crippen LogP contribution >= 0.6 is 0 Å². The standard InChI is InChI=1S/C23H33N3O8/c1-30-17-9-8-16(19(31-2)20(17)32-3)7-5-4-6-12-26(22(28)25-13-10-24-11-14-25)23(29)34-21(27)18-15-33-18/h8-9,18,24H,4-7,10-15H2,1-3H3. The summed E-state index contributed by atoms with van der Waals surface area (Å²) in [4.78, 5) is 40.0. The number of nitrogens with zero attached hydrogens (tertiary/aromatic N) is 2. The van der Waals surface area contributed by atoms with Gasteiger partial charge in [-0.1, -0.05) is 12.5 Å². The maximum absolute atomic E-state index is 12.9. The summed E-state index contributed by atoms with van der Waals surface area (Å²) < 4.78 is 26.0. The number of epoxide rings is 1. The second-order valence-corrected chi connectivity index (χ2v) is 7.98. The van der Waals surface area contributed by atoms with E-state index in [0.29, 0.717) is 49.8 Å². The number of unbranched alkanes of at least 4 members (excludes halogenated alkanes) is 2. The van der Waals surface area contributed by atoms with Gasteiger partial charge in [0.15, 0.2) is 17.6 Å². The van der Waals surface area contributed by atoms with Gasteiger partial charge in [0.25, 0.3) is 0 Å². The molecule has 1 aromatic carbocycles. The van der Waals surface area contributed by atoms with E-state index in [0.717, 1.165) is 29.7 Å². The largest absolute Gasteiger partial charge is 0.493 e. The number of hydrogen-bond donors (Lipinski definition) is 1. The van der Waals surface area contributed by atoms with Gasteiger partial charge in [0.05, 0.1) is 27.9 Å². The third-order valence-electron chi connectivity index (χ3n) is 5.74. The minimum absolute atomic E-state index is 0.156. The second-order valence-electron chi connectivity index (χ2n) is 7.98. The van der Waals surface area contributed by atoms with Crippen molar-refractivity contribution in [3.05, 3.63) is 17.7 Å². The number of aryl methyl sites for hydroxylation is 1. The molecule has 0 spiro atoms. The summed E-state index contributed by atoms with van der Waals surface area (Å²) in [6.07, 6.45) is 1.16. The lowest BCUT2D eigenvalue weighted by Gasteiger charge is -2.31. The van der Waals surface area contributed by atoms with Gasteiger partial charge in [-0.25, -0.2) is 19.3 Å². The number of benzene rings is 1. The Balaban J connectivity index is 1.55. The van der Waals surface area contributed by atoms with Gasteiger partial charge in [-0.3, -0.25) is 0 Å². The molecule has 2 fully saturated rings. The maximum Gasteiger partial charge on any atom is 0.425 e. The number of piperazine rings is 1. The summed E-state index contributed by atoms with van der Waals surface area (Å²) >= 11 is 0. The van der Waals surface area contributed by atoms with Crippen molar-refractivity contribution in [2.45, 2.75) is 31.8 Å². The first-order chi connectivity index (χ1) is 16.5. The highest BCUT2D eigenvalue weighted by Gasteiger charge is 2.37. The van der Waals surface area contributed by atoms with Crippen LogP contribution in [0.1, 0.15) is 24.8 Å². The molecule has 0 saturated carbocycles. The van der Waals surface area contributed by atoms with Crippen LogP contribution in [0.15, 0.2) is 12.1 Å². The Morgan fingerprint density at radius 1 is 1.03 bits per heavy atom. The first kappa shape index (κ1) is 25.6. The number of nitrogens with one attached hydrogen (secondary N) is 1. The zero-order chi connectivity index (χ0) is 24.5. The van der Waals surface area contributed by atoms with Crippen LogP contribution in [-0.2, 0) is 20.7 Å². The molecule has 0 aliphatic carbocycles. The highest BCUT2D eigenvalue weighted by atomic mass is 16.7. The van der Waals surface area contributed by atoms with E-state index in [4.69, 9.17) is 23.7 Å². The van der Waals surface area contributed by atoms with E-state index in [2.05, 4.69) is 5.32 Å². The molecular formula is C23H33N3O8. The minimum Gasteiger partial charge on any atom is -0.493 e. The maximum atomic E-state index is 12.9. The van der Waals surface area contributed by atoms with Gasteiger partial charge in [-0.05, 0) is 30.9 Å². The van der Waals surface area contributed by atoms with Crippen LogP contribution in [0.25, 0.3) is 0 Å². The molecular weight excluding hydrogens is 446 g/mol. The van der Waals surface area contributed by atoms with E-state index in [1.807, 2.05) is 12.1 Å². The second kappa shape index (κ2) is 12.4. The molecule has 2 aliphatic rings. The van der Waals surface area contributed by atoms with Crippen LogP contribution in [0.4, 0.5) is 9.59 Å². The fourth-order valence-electron chi connectivity index (χ4n) is 3.81. The summed E-state index contributed by atoms with van der Waals surface area (Å²) in [6, 6.07) is 3.32. The van der Waals surface area contributed by atoms with Crippen LogP contribution in [0.3, 0.4) is 0 Å². The molecule has 3 amide bonds. The Morgan fingerprint density at radius 3 is 2.35 bits per heavy atom. The monoisotopic (exact) mass is 479 g/mol. The summed E-state index contributed by atoms with van der Waals surface area (Å²) in [5, 5.41) is 3.17. The molecule has 11 nitrogen and oxygen atoms in total. The molecule has 11 heteroatoms. The molecule has 2 heterocycles. The first-order valence-electron chi connectivity index (χ1n) is 11.4. The lowest BCUT2D eigenvalue weighted by atomic mass is 10.0. The van der Waals surface area contributed by atoms with E-state index < -0.39 is 24.2 Å². The van der Waals surface area contributed by atoms with Crippen molar-refractivity contribution in [3.8, 4) is 17.2 Å². The molecule has 34 heavy (non-hydrogen) atoms. The Bertz CT molecular complexity index is 868. The summed E-state index contributed by atoms with van der Waals surface area (Å²) in [7, 11) is 4.72. The van der Waals surface area contributed by atoms with Crippen molar-refractivity contribution < 1.29 is 38.1 Å². The van der Waals surface area contributed by atoms with Crippen LogP contribution in [0, 0.1) is 0 Å². The zero-order valence-electron chi connectivity index (χ0n) is 20.0. The summed E-state index contributed by atoms with van der Waals surface area (Å²) in [5.41, 5.74) is 0.975. The van der Waals surface area contributed by atoms with Crippen molar-refractivity contribution in [1.82, 2.24) is 15.1 Å². The van der Waals surface area contributed by atoms with Gasteiger partial charge in [-0.2, -0.15) is 0 Å². The predicted octanol–water partition coefficient (Wildman–Crippen LogP) is 1.81. The molecule has 0 radical (unpaired) electrons. The lowest BCUT2D eigenvalue weighted by molar-refractivity contribution is -0.139. The van der Waals surface area contributed by atoms with Crippen LogP contribution in [-0.4, -0.2) is 94.7 Å². The highest BCUT2D eigenvalue weighted by molar-refractivity contribution is 5.96. The number of imide groups is 1. The molecule has 1 unspecified atom stereocenters. The number of carbonyl (C=O) groups excluding carboxylic acids is 3. The number of amides is 3. The average molecular weight is 480 g/mol. The third-order valence-corrected chi connectivity index (χ3v) is 5.74. The Labute approximate surface area is 199 Å². The Hall–Kier alpha value is -3.05. The fourth-order valence-corrected chi connectivity index (χ4v) is 3.81. The van der Waals surface area contributed by atoms with E-state index in [1.165, 1.54) is 0 Å². The topological polar surface area (TPSA) is 119 Å². The molecule has 0 bridgehead atoms.